The lowest BCUT2D eigenvalue weighted by atomic mass is 10.2. The van der Waals surface area contributed by atoms with Crippen molar-refractivity contribution < 1.29 is 14.5 Å². The number of amides is 1. The third-order valence-electron chi connectivity index (χ3n) is 3.15. The van der Waals surface area contributed by atoms with Gasteiger partial charge in [0.1, 0.15) is 0 Å². The molecule has 2 aromatic carbocycles. The molecule has 0 aliphatic carbocycles. The minimum Gasteiger partial charge on any atom is -0.477 e. The van der Waals surface area contributed by atoms with Gasteiger partial charge < -0.3 is 4.74 Å². The van der Waals surface area contributed by atoms with E-state index in [1.165, 1.54) is 12.1 Å². The van der Waals surface area contributed by atoms with Crippen LogP contribution in [0.5, 0.6) is 5.75 Å². The van der Waals surface area contributed by atoms with Crippen LogP contribution in [0.15, 0.2) is 59.7 Å². The molecular weight excluding hydrogens is 358 g/mol. The maximum atomic E-state index is 11.8. The van der Waals surface area contributed by atoms with Gasteiger partial charge in [0.15, 0.2) is 12.4 Å². The maximum Gasteiger partial charge on any atom is 0.312 e. The summed E-state index contributed by atoms with van der Waals surface area (Å²) in [5.41, 5.74) is 3.61. The molecule has 7 nitrogen and oxygen atoms in total. The number of ether oxygens (including phenoxy) is 1. The van der Waals surface area contributed by atoms with Crippen LogP contribution in [0, 0.1) is 10.1 Å². The smallest absolute Gasteiger partial charge is 0.312 e. The van der Waals surface area contributed by atoms with Crippen molar-refractivity contribution >= 4 is 35.0 Å². The number of carbonyl (C=O) groups excluding carboxylic acids is 1. The van der Waals surface area contributed by atoms with Gasteiger partial charge in [0, 0.05) is 11.1 Å². The van der Waals surface area contributed by atoms with Crippen LogP contribution in [-0.2, 0) is 4.79 Å². The molecule has 1 amide bonds. The number of hydrazone groups is 1. The van der Waals surface area contributed by atoms with Gasteiger partial charge in [-0.15, -0.1) is 0 Å². The number of carbonyl (C=O) groups is 1. The van der Waals surface area contributed by atoms with Gasteiger partial charge in [-0.2, -0.15) is 5.10 Å². The maximum absolute atomic E-state index is 11.8. The van der Waals surface area contributed by atoms with Crippen LogP contribution < -0.4 is 10.2 Å². The fourth-order valence-corrected chi connectivity index (χ4v) is 2.07. The Morgan fingerprint density at radius 3 is 2.73 bits per heavy atom. The third-order valence-corrected chi connectivity index (χ3v) is 3.39. The third kappa shape index (κ3) is 6.03. The van der Waals surface area contributed by atoms with E-state index in [4.69, 9.17) is 16.3 Å². The molecule has 0 aromatic heterocycles. The highest BCUT2D eigenvalue weighted by Crippen LogP contribution is 2.29. The fourth-order valence-electron chi connectivity index (χ4n) is 1.90. The van der Waals surface area contributed by atoms with E-state index in [-0.39, 0.29) is 16.5 Å². The number of benzene rings is 2. The number of allylic oxidation sites excluding steroid dienone is 1. The number of hydrogen-bond donors (Lipinski definition) is 1. The Bertz CT molecular complexity index is 851. The van der Waals surface area contributed by atoms with E-state index in [2.05, 4.69) is 10.5 Å². The molecule has 26 heavy (non-hydrogen) atoms. The number of halogens is 1. The molecule has 2 rings (SSSR count). The monoisotopic (exact) mass is 373 g/mol. The first-order valence-corrected chi connectivity index (χ1v) is 7.96. The fraction of sp³-hybridized carbons (Fsp3) is 0.111. The van der Waals surface area contributed by atoms with E-state index in [0.717, 1.165) is 11.6 Å². The summed E-state index contributed by atoms with van der Waals surface area (Å²) in [4.78, 5) is 22.1. The van der Waals surface area contributed by atoms with Gasteiger partial charge in [0.05, 0.1) is 10.6 Å². The van der Waals surface area contributed by atoms with Crippen LogP contribution in [0.4, 0.5) is 5.69 Å². The van der Waals surface area contributed by atoms with Crippen molar-refractivity contribution in [2.75, 3.05) is 6.61 Å². The summed E-state index contributed by atoms with van der Waals surface area (Å²) in [6.07, 6.45) is 3.61. The van der Waals surface area contributed by atoms with Crippen molar-refractivity contribution in [3.8, 4) is 5.75 Å². The molecule has 0 bridgehead atoms. The van der Waals surface area contributed by atoms with E-state index in [1.807, 2.05) is 36.4 Å². The first kappa shape index (κ1) is 19.1. The normalized spacial score (nSPS) is 11.4. The second-order valence-electron chi connectivity index (χ2n) is 5.19. The minimum absolute atomic E-state index is 0.0424. The van der Waals surface area contributed by atoms with Crippen LogP contribution in [0.25, 0.3) is 6.08 Å². The largest absolute Gasteiger partial charge is 0.477 e. The van der Waals surface area contributed by atoms with E-state index < -0.39 is 17.4 Å². The molecule has 134 valence electrons. The van der Waals surface area contributed by atoms with Crippen molar-refractivity contribution in [2.45, 2.75) is 6.92 Å². The summed E-state index contributed by atoms with van der Waals surface area (Å²) in [5.74, 6) is -0.582. The topological polar surface area (TPSA) is 93.8 Å². The molecule has 0 saturated heterocycles. The Kier molecular flexibility index (Phi) is 6.87. The zero-order valence-corrected chi connectivity index (χ0v) is 14.6. The first-order valence-electron chi connectivity index (χ1n) is 7.58. The molecule has 1 N–H and O–H groups in total. The highest BCUT2D eigenvalue weighted by atomic mass is 35.5. The second kappa shape index (κ2) is 9.33. The van der Waals surface area contributed by atoms with E-state index >= 15 is 0 Å². The highest BCUT2D eigenvalue weighted by Gasteiger charge is 2.16. The predicted molar refractivity (Wildman–Crippen MR) is 100 cm³/mol. The molecule has 0 heterocycles. The van der Waals surface area contributed by atoms with E-state index in [9.17, 15) is 14.9 Å². The number of nitrogens with zero attached hydrogens (tertiary/aromatic N) is 2. The van der Waals surface area contributed by atoms with Crippen LogP contribution in [0.2, 0.25) is 5.02 Å². The van der Waals surface area contributed by atoms with Crippen molar-refractivity contribution in [1.82, 2.24) is 5.43 Å². The number of nitrogens with one attached hydrogen (secondary N) is 1. The zero-order chi connectivity index (χ0) is 18.9. The summed E-state index contributed by atoms with van der Waals surface area (Å²) in [7, 11) is 0. The average Bonchev–Trinajstić information content (AvgIpc) is 2.64. The highest BCUT2D eigenvalue weighted by molar-refractivity contribution is 6.30. The first-order chi connectivity index (χ1) is 12.5. The van der Waals surface area contributed by atoms with Crippen molar-refractivity contribution in [2.24, 2.45) is 5.10 Å². The van der Waals surface area contributed by atoms with Crippen LogP contribution >= 0.6 is 11.6 Å². The summed E-state index contributed by atoms with van der Waals surface area (Å²) >= 11 is 5.72. The minimum atomic E-state index is -0.629. The molecule has 0 unspecified atom stereocenters. The molecule has 0 aliphatic heterocycles. The molecular formula is C18H16ClN3O4. The van der Waals surface area contributed by atoms with Crippen LogP contribution in [0.1, 0.15) is 12.5 Å². The molecule has 0 fully saturated rings. The molecule has 0 saturated carbocycles. The lowest BCUT2D eigenvalue weighted by Crippen LogP contribution is -2.25. The zero-order valence-electron chi connectivity index (χ0n) is 13.9. The Morgan fingerprint density at radius 2 is 2.04 bits per heavy atom. The number of hydrogen-bond acceptors (Lipinski definition) is 5. The van der Waals surface area contributed by atoms with Gasteiger partial charge in [-0.25, -0.2) is 5.43 Å². The number of nitro benzene ring substituents is 1. The Morgan fingerprint density at radius 1 is 1.31 bits per heavy atom. The molecule has 0 atom stereocenters. The number of rotatable bonds is 7. The quantitative estimate of drug-likeness (QED) is 0.453. The lowest BCUT2D eigenvalue weighted by Gasteiger charge is -2.06. The van der Waals surface area contributed by atoms with E-state index in [0.29, 0.717) is 5.71 Å². The van der Waals surface area contributed by atoms with Crippen LogP contribution in [0.3, 0.4) is 0 Å². The number of nitro groups is 1. The SMILES string of the molecule is CC(/C=C/c1ccccc1)=N\NC(=O)COc1ccc(Cl)cc1[N+](=O)[O-]. The summed E-state index contributed by atoms with van der Waals surface area (Å²) in [5, 5.41) is 15.1. The van der Waals surface area contributed by atoms with Crippen LogP contribution in [-0.4, -0.2) is 23.1 Å². The van der Waals surface area contributed by atoms with Crippen molar-refractivity contribution in [1.29, 1.82) is 0 Å². The van der Waals surface area contributed by atoms with E-state index in [1.54, 1.807) is 13.0 Å². The predicted octanol–water partition coefficient (Wildman–Crippen LogP) is 3.83. The van der Waals surface area contributed by atoms with Gasteiger partial charge in [0.25, 0.3) is 5.91 Å². The molecule has 0 spiro atoms. The lowest BCUT2D eigenvalue weighted by molar-refractivity contribution is -0.385. The summed E-state index contributed by atoms with van der Waals surface area (Å²) in [6.45, 7) is 1.31. The second-order valence-corrected chi connectivity index (χ2v) is 5.63. The van der Waals surface area contributed by atoms with Gasteiger partial charge in [-0.05, 0) is 30.7 Å². The molecule has 0 radical (unpaired) electrons. The average molecular weight is 374 g/mol. The van der Waals surface area contributed by atoms with Crippen molar-refractivity contribution in [3.05, 3.63) is 75.3 Å². The standard InChI is InChI=1S/C18H16ClN3O4/c1-13(7-8-14-5-3-2-4-6-14)20-21-18(23)12-26-17-10-9-15(19)11-16(17)22(24)25/h2-11H,12H2,1H3,(H,21,23)/b8-7+,20-13+. The van der Waals surface area contributed by atoms with Crippen molar-refractivity contribution in [3.63, 3.8) is 0 Å². The Balaban J connectivity index is 1.89. The van der Waals surface area contributed by atoms with Gasteiger partial charge in [-0.3, -0.25) is 14.9 Å². The van der Waals surface area contributed by atoms with Gasteiger partial charge >= 0.3 is 5.69 Å². The molecule has 8 heteroatoms. The molecule has 0 aliphatic rings. The Labute approximate surface area is 155 Å². The van der Waals surface area contributed by atoms with Gasteiger partial charge in [-0.1, -0.05) is 48.0 Å². The molecule has 2 aromatic rings. The van der Waals surface area contributed by atoms with Gasteiger partial charge in [0.2, 0.25) is 0 Å². The Hall–Kier alpha value is -3.19. The summed E-state index contributed by atoms with van der Waals surface area (Å²) in [6, 6.07) is 13.6. The summed E-state index contributed by atoms with van der Waals surface area (Å²) < 4.78 is 5.18.